The molecule has 2 rings (SSSR count). The highest BCUT2D eigenvalue weighted by atomic mass is 79.9. The number of halogens is 5. The molecule has 0 heterocycles. The highest BCUT2D eigenvalue weighted by molar-refractivity contribution is 9.10. The van der Waals surface area contributed by atoms with Crippen LogP contribution in [0, 0.1) is 0 Å². The molecule has 0 fully saturated rings. The summed E-state index contributed by atoms with van der Waals surface area (Å²) in [6.45, 7) is 2.96. The number of nitrogen functional groups attached to an aromatic ring is 1. The molecule has 0 aliphatic rings. The first-order valence-electron chi connectivity index (χ1n) is 8.01. The van der Waals surface area contributed by atoms with Gasteiger partial charge in [0.05, 0.1) is 32.6 Å². The van der Waals surface area contributed by atoms with Crippen LogP contribution < -0.4 is 16.6 Å². The molecule has 0 unspecified atom stereocenters. The number of carbonyl (C=O) groups is 1. The van der Waals surface area contributed by atoms with E-state index in [1.807, 2.05) is 0 Å². The van der Waals surface area contributed by atoms with Crippen molar-refractivity contribution in [2.24, 2.45) is 0 Å². The van der Waals surface area contributed by atoms with Crippen LogP contribution in [0.5, 0.6) is 0 Å². The maximum absolute atomic E-state index is 13.0. The standard InChI is InChI=1S/C17H16BrClF3N3O3S/c1-8(2)29(27,28)14-4-3-10(19)7-13(14)24-25-16(26)11-5-9(17(20,21)22)6-12(18)15(11)23/h3-8,24H,23H2,1-2H3,(H,25,26). The predicted octanol–water partition coefficient (Wildman–Crippen LogP) is 4.64. The lowest BCUT2D eigenvalue weighted by Crippen LogP contribution is -2.31. The number of amides is 1. The quantitative estimate of drug-likeness (QED) is 0.399. The number of hydrogen-bond donors (Lipinski definition) is 3. The van der Waals surface area contributed by atoms with E-state index in [0.717, 1.165) is 6.07 Å². The molecule has 1 amide bonds. The van der Waals surface area contributed by atoms with Gasteiger partial charge in [-0.05, 0) is 60.1 Å². The zero-order valence-electron chi connectivity index (χ0n) is 15.1. The van der Waals surface area contributed by atoms with Crippen molar-refractivity contribution in [2.45, 2.75) is 30.2 Å². The normalized spacial score (nSPS) is 12.1. The van der Waals surface area contributed by atoms with Crippen LogP contribution in [-0.2, 0) is 16.0 Å². The highest BCUT2D eigenvalue weighted by Crippen LogP contribution is 2.35. The van der Waals surface area contributed by atoms with Crippen LogP contribution in [0.2, 0.25) is 5.02 Å². The van der Waals surface area contributed by atoms with Gasteiger partial charge in [-0.1, -0.05) is 11.6 Å². The number of carbonyl (C=O) groups excluding carboxylic acids is 1. The van der Waals surface area contributed by atoms with Crippen LogP contribution in [0.25, 0.3) is 0 Å². The summed E-state index contributed by atoms with van der Waals surface area (Å²) in [5.74, 6) is -0.998. The van der Waals surface area contributed by atoms with Gasteiger partial charge in [0.15, 0.2) is 9.84 Å². The van der Waals surface area contributed by atoms with Crippen LogP contribution in [0.3, 0.4) is 0 Å². The van der Waals surface area contributed by atoms with Gasteiger partial charge in [0.2, 0.25) is 0 Å². The summed E-state index contributed by atoms with van der Waals surface area (Å²) in [5, 5.41) is -0.569. The number of benzene rings is 2. The number of rotatable bonds is 5. The van der Waals surface area contributed by atoms with Crippen LogP contribution in [0.1, 0.15) is 29.8 Å². The largest absolute Gasteiger partial charge is 0.416 e. The van der Waals surface area contributed by atoms with E-state index in [1.165, 1.54) is 32.0 Å². The van der Waals surface area contributed by atoms with Gasteiger partial charge < -0.3 is 5.73 Å². The number of anilines is 2. The number of sulfone groups is 1. The summed E-state index contributed by atoms with van der Waals surface area (Å²) in [7, 11) is -3.73. The third-order valence-corrected chi connectivity index (χ3v) is 6.98. The van der Waals surface area contributed by atoms with Crippen molar-refractivity contribution in [1.29, 1.82) is 0 Å². The second-order valence-corrected chi connectivity index (χ2v) is 9.99. The van der Waals surface area contributed by atoms with E-state index in [9.17, 15) is 26.4 Å². The van der Waals surface area contributed by atoms with Gasteiger partial charge in [-0.25, -0.2) is 8.42 Å². The summed E-state index contributed by atoms with van der Waals surface area (Å²) >= 11 is 8.79. The van der Waals surface area contributed by atoms with Crippen molar-refractivity contribution < 1.29 is 26.4 Å². The van der Waals surface area contributed by atoms with E-state index in [4.69, 9.17) is 17.3 Å². The fourth-order valence-electron chi connectivity index (χ4n) is 2.26. The van der Waals surface area contributed by atoms with Crippen LogP contribution in [0.4, 0.5) is 24.5 Å². The Balaban J connectivity index is 2.38. The molecular formula is C17H16BrClF3N3O3S. The zero-order valence-corrected chi connectivity index (χ0v) is 18.2. The number of nitrogens with one attached hydrogen (secondary N) is 2. The first kappa shape index (κ1) is 23.3. The molecule has 0 aromatic heterocycles. The molecule has 2 aromatic rings. The number of hydrazine groups is 1. The summed E-state index contributed by atoms with van der Waals surface area (Å²) in [4.78, 5) is 12.3. The van der Waals surface area contributed by atoms with E-state index < -0.39 is 38.3 Å². The highest BCUT2D eigenvalue weighted by Gasteiger charge is 2.32. The first-order valence-corrected chi connectivity index (χ1v) is 10.7. The number of nitrogens with two attached hydrogens (primary N) is 1. The zero-order chi connectivity index (χ0) is 22.1. The van der Waals surface area contributed by atoms with Crippen molar-refractivity contribution in [1.82, 2.24) is 5.43 Å². The lowest BCUT2D eigenvalue weighted by Gasteiger charge is -2.17. The molecule has 2 aromatic carbocycles. The van der Waals surface area contributed by atoms with Crippen molar-refractivity contribution in [3.05, 3.63) is 51.0 Å². The van der Waals surface area contributed by atoms with Gasteiger partial charge in [0.1, 0.15) is 0 Å². The van der Waals surface area contributed by atoms with E-state index in [1.54, 1.807) is 0 Å². The minimum Gasteiger partial charge on any atom is -0.397 e. The van der Waals surface area contributed by atoms with Crippen molar-refractivity contribution in [2.75, 3.05) is 11.2 Å². The van der Waals surface area contributed by atoms with E-state index in [2.05, 4.69) is 26.8 Å². The number of alkyl halides is 3. The molecule has 29 heavy (non-hydrogen) atoms. The van der Waals surface area contributed by atoms with E-state index in [0.29, 0.717) is 6.07 Å². The predicted molar refractivity (Wildman–Crippen MR) is 108 cm³/mol. The smallest absolute Gasteiger partial charge is 0.397 e. The monoisotopic (exact) mass is 513 g/mol. The average molecular weight is 515 g/mol. The minimum absolute atomic E-state index is 0.0378. The Labute approximate surface area is 178 Å². The third-order valence-electron chi connectivity index (χ3n) is 3.88. The lowest BCUT2D eigenvalue weighted by atomic mass is 10.1. The molecule has 0 saturated heterocycles. The Hall–Kier alpha value is -1.98. The van der Waals surface area contributed by atoms with Gasteiger partial charge in [-0.15, -0.1) is 0 Å². The topological polar surface area (TPSA) is 101 Å². The van der Waals surface area contributed by atoms with Crippen molar-refractivity contribution >= 4 is 54.7 Å². The lowest BCUT2D eigenvalue weighted by molar-refractivity contribution is -0.137. The Bertz CT molecular complexity index is 1060. The molecule has 0 saturated carbocycles. The maximum Gasteiger partial charge on any atom is 0.416 e. The first-order chi connectivity index (χ1) is 13.2. The van der Waals surface area contributed by atoms with Gasteiger partial charge >= 0.3 is 6.18 Å². The molecule has 0 radical (unpaired) electrons. The SMILES string of the molecule is CC(C)S(=O)(=O)c1ccc(Cl)cc1NNC(=O)c1cc(C(F)(F)F)cc(Br)c1N. The third kappa shape index (κ3) is 5.14. The minimum atomic E-state index is -4.69. The van der Waals surface area contributed by atoms with Gasteiger partial charge in [-0.3, -0.25) is 15.6 Å². The molecule has 4 N–H and O–H groups in total. The van der Waals surface area contributed by atoms with Crippen LogP contribution in [0.15, 0.2) is 39.7 Å². The summed E-state index contributed by atoms with van der Waals surface area (Å²) in [6.07, 6.45) is -4.69. The van der Waals surface area contributed by atoms with Crippen molar-refractivity contribution in [3.63, 3.8) is 0 Å². The second-order valence-electron chi connectivity index (χ2n) is 6.23. The molecule has 0 aliphatic heterocycles. The molecule has 0 aliphatic carbocycles. The maximum atomic E-state index is 13.0. The van der Waals surface area contributed by atoms with Gasteiger partial charge in [0, 0.05) is 9.50 Å². The molecular weight excluding hydrogens is 499 g/mol. The van der Waals surface area contributed by atoms with Crippen molar-refractivity contribution in [3.8, 4) is 0 Å². The fraction of sp³-hybridized carbons (Fsp3) is 0.235. The summed E-state index contributed by atoms with van der Waals surface area (Å²) in [5.41, 5.74) is 8.50. The summed E-state index contributed by atoms with van der Waals surface area (Å²) < 4.78 is 63.9. The number of hydrogen-bond acceptors (Lipinski definition) is 5. The fourth-order valence-corrected chi connectivity index (χ4v) is 4.08. The van der Waals surface area contributed by atoms with E-state index in [-0.39, 0.29) is 25.8 Å². The Morgan fingerprint density at radius 3 is 2.38 bits per heavy atom. The molecule has 0 spiro atoms. The molecule has 0 atom stereocenters. The Morgan fingerprint density at radius 1 is 1.21 bits per heavy atom. The van der Waals surface area contributed by atoms with Gasteiger partial charge in [0.25, 0.3) is 5.91 Å². The molecule has 0 bridgehead atoms. The summed E-state index contributed by atoms with van der Waals surface area (Å²) in [6, 6.07) is 5.25. The molecule has 6 nitrogen and oxygen atoms in total. The van der Waals surface area contributed by atoms with Crippen LogP contribution >= 0.6 is 27.5 Å². The molecule has 12 heteroatoms. The van der Waals surface area contributed by atoms with Gasteiger partial charge in [-0.2, -0.15) is 13.2 Å². The Morgan fingerprint density at radius 2 is 1.83 bits per heavy atom. The molecule has 158 valence electrons. The second kappa shape index (κ2) is 8.41. The van der Waals surface area contributed by atoms with Crippen LogP contribution in [-0.4, -0.2) is 19.6 Å². The Kier molecular flexibility index (Phi) is 6.75. The average Bonchev–Trinajstić information content (AvgIpc) is 2.60. The van der Waals surface area contributed by atoms with E-state index >= 15 is 0 Å².